The maximum atomic E-state index is 11.2. The van der Waals surface area contributed by atoms with E-state index in [2.05, 4.69) is 19.8 Å². The molecular formula is C13H10N4O3S. The van der Waals surface area contributed by atoms with Crippen LogP contribution in [-0.4, -0.2) is 27.2 Å². The molecule has 7 nitrogen and oxygen atoms in total. The average Bonchev–Trinajstić information content (AvgIpc) is 3.14. The van der Waals surface area contributed by atoms with Crippen LogP contribution < -0.4 is 5.32 Å². The van der Waals surface area contributed by atoms with E-state index in [1.54, 1.807) is 0 Å². The molecule has 1 aromatic carbocycles. The molecule has 0 radical (unpaired) electrons. The minimum absolute atomic E-state index is 0.308. The van der Waals surface area contributed by atoms with Crippen LogP contribution in [0.5, 0.6) is 0 Å². The molecule has 1 aliphatic rings. The lowest BCUT2D eigenvalue weighted by atomic mass is 10.2. The van der Waals surface area contributed by atoms with Gasteiger partial charge in [0.05, 0.1) is 11.3 Å². The molecule has 1 N–H and O–H groups in total. The summed E-state index contributed by atoms with van der Waals surface area (Å²) >= 11 is 1.39. The standard InChI is InChI=1S/C13H10N4O3S/c18-13-14-8(5-6-19-13)12-15-11(16-20-12)10-7-3-1-2-4-9(7)21-17-10/h1-4,8H,5-6H2,(H,14,18)/t8-/m0/s1. The first kappa shape index (κ1) is 12.3. The Morgan fingerprint density at radius 3 is 3.14 bits per heavy atom. The van der Waals surface area contributed by atoms with Gasteiger partial charge in [-0.25, -0.2) is 4.79 Å². The number of nitrogens with zero attached hydrogens (tertiary/aromatic N) is 3. The van der Waals surface area contributed by atoms with Crippen molar-refractivity contribution in [1.82, 2.24) is 19.8 Å². The van der Waals surface area contributed by atoms with E-state index in [0.29, 0.717) is 30.4 Å². The third kappa shape index (κ3) is 2.13. The van der Waals surface area contributed by atoms with Gasteiger partial charge in [-0.2, -0.15) is 9.36 Å². The highest BCUT2D eigenvalue weighted by atomic mass is 32.1. The first-order valence-electron chi connectivity index (χ1n) is 6.43. The van der Waals surface area contributed by atoms with Gasteiger partial charge in [0, 0.05) is 11.8 Å². The number of rotatable bonds is 2. The van der Waals surface area contributed by atoms with Gasteiger partial charge >= 0.3 is 6.09 Å². The molecule has 4 rings (SSSR count). The highest BCUT2D eigenvalue weighted by Gasteiger charge is 2.26. The van der Waals surface area contributed by atoms with Crippen molar-refractivity contribution < 1.29 is 14.1 Å². The molecule has 1 amide bonds. The minimum Gasteiger partial charge on any atom is -0.449 e. The molecule has 1 aliphatic heterocycles. The highest BCUT2D eigenvalue weighted by molar-refractivity contribution is 7.13. The Kier molecular flexibility index (Phi) is 2.81. The number of cyclic esters (lactones) is 1. The van der Waals surface area contributed by atoms with Gasteiger partial charge in [-0.05, 0) is 17.6 Å². The molecule has 1 saturated heterocycles. The molecule has 106 valence electrons. The molecule has 0 spiro atoms. The van der Waals surface area contributed by atoms with Crippen molar-refractivity contribution in [2.75, 3.05) is 6.61 Å². The van der Waals surface area contributed by atoms with Gasteiger partial charge < -0.3 is 14.6 Å². The van der Waals surface area contributed by atoms with Crippen molar-refractivity contribution in [2.45, 2.75) is 12.5 Å². The van der Waals surface area contributed by atoms with E-state index in [-0.39, 0.29) is 6.04 Å². The first-order valence-corrected chi connectivity index (χ1v) is 7.20. The molecule has 21 heavy (non-hydrogen) atoms. The third-order valence-corrected chi connectivity index (χ3v) is 4.09. The second kappa shape index (κ2) is 4.81. The van der Waals surface area contributed by atoms with Gasteiger partial charge in [0.2, 0.25) is 11.7 Å². The molecule has 1 atom stereocenters. The summed E-state index contributed by atoms with van der Waals surface area (Å²) in [4.78, 5) is 15.6. The molecule has 3 heterocycles. The highest BCUT2D eigenvalue weighted by Crippen LogP contribution is 2.30. The smallest absolute Gasteiger partial charge is 0.407 e. The summed E-state index contributed by atoms with van der Waals surface area (Å²) in [5.74, 6) is 0.807. The predicted molar refractivity (Wildman–Crippen MR) is 74.8 cm³/mol. The number of aromatic nitrogens is 3. The summed E-state index contributed by atoms with van der Waals surface area (Å²) < 4.78 is 15.5. The van der Waals surface area contributed by atoms with Gasteiger partial charge in [0.15, 0.2) is 0 Å². The van der Waals surface area contributed by atoms with E-state index < -0.39 is 6.09 Å². The summed E-state index contributed by atoms with van der Waals surface area (Å²) in [7, 11) is 0. The lowest BCUT2D eigenvalue weighted by Crippen LogP contribution is -2.35. The summed E-state index contributed by atoms with van der Waals surface area (Å²) in [6.07, 6.45) is 0.135. The van der Waals surface area contributed by atoms with Crippen LogP contribution >= 0.6 is 11.5 Å². The van der Waals surface area contributed by atoms with Crippen molar-refractivity contribution in [3.8, 4) is 11.5 Å². The third-order valence-electron chi connectivity index (χ3n) is 3.26. The molecular weight excluding hydrogens is 292 g/mol. The van der Waals surface area contributed by atoms with E-state index in [0.717, 1.165) is 10.1 Å². The van der Waals surface area contributed by atoms with Crippen LogP contribution in [0.15, 0.2) is 28.8 Å². The second-order valence-corrected chi connectivity index (χ2v) is 5.41. The quantitative estimate of drug-likeness (QED) is 0.782. The first-order chi connectivity index (χ1) is 10.3. The van der Waals surface area contributed by atoms with Gasteiger partial charge in [-0.3, -0.25) is 0 Å². The fourth-order valence-electron chi connectivity index (χ4n) is 2.23. The van der Waals surface area contributed by atoms with Crippen LogP contribution in [0, 0.1) is 0 Å². The van der Waals surface area contributed by atoms with E-state index in [4.69, 9.17) is 9.26 Å². The maximum Gasteiger partial charge on any atom is 0.407 e. The van der Waals surface area contributed by atoms with Crippen molar-refractivity contribution >= 4 is 27.7 Å². The number of carbonyl (C=O) groups is 1. The Balaban J connectivity index is 1.69. The maximum absolute atomic E-state index is 11.2. The number of alkyl carbamates (subject to hydrolysis) is 1. The molecule has 8 heteroatoms. The van der Waals surface area contributed by atoms with Crippen LogP contribution in [-0.2, 0) is 4.74 Å². The molecule has 0 aliphatic carbocycles. The summed E-state index contributed by atoms with van der Waals surface area (Å²) in [6.45, 7) is 0.341. The van der Waals surface area contributed by atoms with Gasteiger partial charge in [0.1, 0.15) is 11.7 Å². The molecule has 2 aromatic heterocycles. The van der Waals surface area contributed by atoms with Crippen LogP contribution in [0.4, 0.5) is 4.79 Å². The van der Waals surface area contributed by atoms with Gasteiger partial charge in [-0.15, -0.1) is 0 Å². The number of ether oxygens (including phenoxy) is 1. The Labute approximate surface area is 123 Å². The Morgan fingerprint density at radius 1 is 1.33 bits per heavy atom. The van der Waals surface area contributed by atoms with Crippen molar-refractivity contribution in [2.24, 2.45) is 0 Å². The molecule has 3 aromatic rings. The number of benzene rings is 1. The number of hydrogen-bond donors (Lipinski definition) is 1. The van der Waals surface area contributed by atoms with E-state index in [1.807, 2.05) is 24.3 Å². The Hall–Kier alpha value is -2.48. The zero-order valence-corrected chi connectivity index (χ0v) is 11.6. The normalized spacial score (nSPS) is 18.5. The topological polar surface area (TPSA) is 90.1 Å². The van der Waals surface area contributed by atoms with Crippen molar-refractivity contribution in [3.05, 3.63) is 30.2 Å². The van der Waals surface area contributed by atoms with Gasteiger partial charge in [0.25, 0.3) is 0 Å². The number of carbonyl (C=O) groups excluding carboxylic acids is 1. The van der Waals surface area contributed by atoms with Crippen molar-refractivity contribution in [3.63, 3.8) is 0 Å². The van der Waals surface area contributed by atoms with E-state index in [1.165, 1.54) is 11.5 Å². The monoisotopic (exact) mass is 302 g/mol. The fourth-order valence-corrected chi connectivity index (χ4v) is 3.00. The van der Waals surface area contributed by atoms with Crippen LogP contribution in [0.3, 0.4) is 0 Å². The number of amides is 1. The number of nitrogens with one attached hydrogen (secondary N) is 1. The van der Waals surface area contributed by atoms with Crippen LogP contribution in [0.1, 0.15) is 18.4 Å². The van der Waals surface area contributed by atoms with Crippen LogP contribution in [0.2, 0.25) is 0 Å². The summed E-state index contributed by atoms with van der Waals surface area (Å²) in [6, 6.07) is 7.57. The number of hydrogen-bond acceptors (Lipinski definition) is 7. The summed E-state index contributed by atoms with van der Waals surface area (Å²) in [5.41, 5.74) is 0.698. The zero-order valence-electron chi connectivity index (χ0n) is 10.8. The Morgan fingerprint density at radius 2 is 2.24 bits per heavy atom. The SMILES string of the molecule is O=C1N[C@H](c2nc(-c3nsc4ccccc34)no2)CCO1. The van der Waals surface area contributed by atoms with E-state index in [9.17, 15) is 4.79 Å². The van der Waals surface area contributed by atoms with Crippen molar-refractivity contribution in [1.29, 1.82) is 0 Å². The largest absolute Gasteiger partial charge is 0.449 e. The molecule has 1 fully saturated rings. The van der Waals surface area contributed by atoms with Crippen LogP contribution in [0.25, 0.3) is 21.6 Å². The fraction of sp³-hybridized carbons (Fsp3) is 0.231. The lowest BCUT2D eigenvalue weighted by molar-refractivity contribution is 0.109. The molecule has 0 bridgehead atoms. The lowest BCUT2D eigenvalue weighted by Gasteiger charge is -2.19. The zero-order chi connectivity index (χ0) is 14.2. The minimum atomic E-state index is -0.467. The van der Waals surface area contributed by atoms with E-state index >= 15 is 0 Å². The number of fused-ring (bicyclic) bond motifs is 1. The molecule has 0 saturated carbocycles. The predicted octanol–water partition coefficient (Wildman–Crippen LogP) is 2.52. The average molecular weight is 302 g/mol. The summed E-state index contributed by atoms with van der Waals surface area (Å²) in [5, 5.41) is 7.62. The Bertz CT molecular complexity index is 812. The second-order valence-electron chi connectivity index (χ2n) is 4.61. The molecule has 0 unspecified atom stereocenters. The van der Waals surface area contributed by atoms with Gasteiger partial charge in [-0.1, -0.05) is 23.4 Å².